The first-order valence-electron chi connectivity index (χ1n) is 16.5. The van der Waals surface area contributed by atoms with Gasteiger partial charge in [0.15, 0.2) is 0 Å². The highest BCUT2D eigenvalue weighted by atomic mass is 15.1. The smallest absolute Gasteiger partial charge is 0.0465 e. The molecule has 226 valence electrons. The fraction of sp³-hybridized carbons (Fsp3) is 0.200. The minimum absolute atomic E-state index is 0.0769. The average molecular weight is 596 g/mol. The molecule has 0 fully saturated rings. The van der Waals surface area contributed by atoms with Crippen LogP contribution in [0, 0.1) is 20.8 Å². The van der Waals surface area contributed by atoms with Crippen molar-refractivity contribution in [3.63, 3.8) is 0 Å². The number of benzene rings is 6. The van der Waals surface area contributed by atoms with E-state index in [1.165, 1.54) is 83.7 Å². The standard InChI is InChI=1S/C45H41N/c1-28-12-20-36-38-22-18-33(26-42(38)44(4,5)40(36)24-28)46(32-16-14-31(15-17-32)35-11-9-8-10-30(35)3)34-19-23-39-37-21-13-29(2)25-41(37)45(6,7)43(39)27-34/h8-27H,1-7H3. The summed E-state index contributed by atoms with van der Waals surface area (Å²) in [6, 6.07) is 45.8. The van der Waals surface area contributed by atoms with Crippen LogP contribution in [-0.2, 0) is 10.8 Å². The van der Waals surface area contributed by atoms with E-state index in [0.29, 0.717) is 0 Å². The Kier molecular flexibility index (Phi) is 6.25. The van der Waals surface area contributed by atoms with Gasteiger partial charge in [-0.05, 0) is 118 Å². The third kappa shape index (κ3) is 4.22. The van der Waals surface area contributed by atoms with Crippen molar-refractivity contribution in [3.05, 3.63) is 160 Å². The van der Waals surface area contributed by atoms with E-state index in [1.54, 1.807) is 0 Å². The second-order valence-electron chi connectivity index (χ2n) is 14.5. The molecule has 0 atom stereocenters. The Hall–Kier alpha value is -4.88. The fourth-order valence-electron chi connectivity index (χ4n) is 8.09. The topological polar surface area (TPSA) is 3.24 Å². The normalized spacial score (nSPS) is 14.8. The lowest BCUT2D eigenvalue weighted by atomic mass is 9.81. The van der Waals surface area contributed by atoms with Crippen LogP contribution in [-0.4, -0.2) is 0 Å². The van der Waals surface area contributed by atoms with Crippen LogP contribution < -0.4 is 4.90 Å². The van der Waals surface area contributed by atoms with Gasteiger partial charge in [-0.3, -0.25) is 0 Å². The van der Waals surface area contributed by atoms with Crippen LogP contribution in [0.5, 0.6) is 0 Å². The van der Waals surface area contributed by atoms with Crippen molar-refractivity contribution < 1.29 is 0 Å². The Morgan fingerprint density at radius 3 is 1.28 bits per heavy atom. The first kappa shape index (κ1) is 28.6. The summed E-state index contributed by atoms with van der Waals surface area (Å²) in [4.78, 5) is 2.46. The van der Waals surface area contributed by atoms with Gasteiger partial charge in [-0.2, -0.15) is 0 Å². The second kappa shape index (κ2) is 10.1. The molecule has 0 N–H and O–H groups in total. The number of anilines is 3. The van der Waals surface area contributed by atoms with Crippen molar-refractivity contribution in [2.45, 2.75) is 59.3 Å². The highest BCUT2D eigenvalue weighted by Crippen LogP contribution is 2.53. The van der Waals surface area contributed by atoms with E-state index in [2.05, 4.69) is 175 Å². The maximum Gasteiger partial charge on any atom is 0.0465 e. The first-order chi connectivity index (χ1) is 22.0. The molecule has 1 heteroatoms. The SMILES string of the molecule is Cc1ccc2c(c1)C(C)(C)c1cc(N(c3ccc(-c4ccccc4C)cc3)c3ccc4c(c3)C(C)(C)c3cc(C)ccc3-4)ccc1-2. The van der Waals surface area contributed by atoms with Gasteiger partial charge in [0.25, 0.3) is 0 Å². The van der Waals surface area contributed by atoms with Gasteiger partial charge >= 0.3 is 0 Å². The van der Waals surface area contributed by atoms with Crippen molar-refractivity contribution in [1.82, 2.24) is 0 Å². The molecule has 2 aliphatic carbocycles. The van der Waals surface area contributed by atoms with E-state index < -0.39 is 0 Å². The Morgan fingerprint density at radius 1 is 0.391 bits per heavy atom. The molecule has 0 bridgehead atoms. The maximum absolute atomic E-state index is 2.46. The van der Waals surface area contributed by atoms with Gasteiger partial charge in [0.2, 0.25) is 0 Å². The van der Waals surface area contributed by atoms with Gasteiger partial charge in [-0.1, -0.05) is 124 Å². The van der Waals surface area contributed by atoms with Crippen molar-refractivity contribution >= 4 is 17.1 Å². The molecule has 6 aromatic carbocycles. The molecule has 0 amide bonds. The molecule has 0 saturated heterocycles. The maximum atomic E-state index is 2.46. The molecular weight excluding hydrogens is 555 g/mol. The van der Waals surface area contributed by atoms with Gasteiger partial charge < -0.3 is 4.90 Å². The Labute approximate surface area is 274 Å². The molecule has 0 saturated carbocycles. The molecule has 0 spiro atoms. The van der Waals surface area contributed by atoms with Crippen LogP contribution in [0.4, 0.5) is 17.1 Å². The lowest BCUT2D eigenvalue weighted by Crippen LogP contribution is -2.18. The summed E-state index contributed by atoms with van der Waals surface area (Å²) in [5.41, 5.74) is 20.8. The van der Waals surface area contributed by atoms with Crippen LogP contribution in [0.1, 0.15) is 66.6 Å². The van der Waals surface area contributed by atoms with E-state index in [4.69, 9.17) is 0 Å². The third-order valence-corrected chi connectivity index (χ3v) is 10.7. The first-order valence-corrected chi connectivity index (χ1v) is 16.5. The summed E-state index contributed by atoms with van der Waals surface area (Å²) in [7, 11) is 0. The molecule has 0 aliphatic heterocycles. The van der Waals surface area contributed by atoms with Gasteiger partial charge in [-0.25, -0.2) is 0 Å². The number of aryl methyl sites for hydroxylation is 3. The molecule has 0 radical (unpaired) electrons. The zero-order chi connectivity index (χ0) is 32.0. The zero-order valence-corrected chi connectivity index (χ0v) is 28.0. The summed E-state index contributed by atoms with van der Waals surface area (Å²) >= 11 is 0. The quantitative estimate of drug-likeness (QED) is 0.196. The molecule has 1 nitrogen and oxygen atoms in total. The molecule has 46 heavy (non-hydrogen) atoms. The van der Waals surface area contributed by atoms with Crippen LogP contribution in [0.2, 0.25) is 0 Å². The van der Waals surface area contributed by atoms with Gasteiger partial charge in [0.1, 0.15) is 0 Å². The molecule has 8 rings (SSSR count). The second-order valence-corrected chi connectivity index (χ2v) is 14.5. The number of hydrogen-bond acceptors (Lipinski definition) is 1. The summed E-state index contributed by atoms with van der Waals surface area (Å²) in [5.74, 6) is 0. The van der Waals surface area contributed by atoms with E-state index in [-0.39, 0.29) is 10.8 Å². The molecule has 0 unspecified atom stereocenters. The van der Waals surface area contributed by atoms with Crippen molar-refractivity contribution in [2.75, 3.05) is 4.90 Å². The average Bonchev–Trinajstić information content (AvgIpc) is 3.40. The summed E-state index contributed by atoms with van der Waals surface area (Å²) in [5, 5.41) is 0. The van der Waals surface area contributed by atoms with Gasteiger partial charge in [-0.15, -0.1) is 0 Å². The summed E-state index contributed by atoms with van der Waals surface area (Å²) in [6.07, 6.45) is 0. The lowest BCUT2D eigenvalue weighted by Gasteiger charge is -2.30. The minimum atomic E-state index is -0.0769. The molecule has 0 aromatic heterocycles. The van der Waals surface area contributed by atoms with Gasteiger partial charge in [0.05, 0.1) is 0 Å². The van der Waals surface area contributed by atoms with Crippen molar-refractivity contribution in [2.24, 2.45) is 0 Å². The third-order valence-electron chi connectivity index (χ3n) is 10.7. The van der Waals surface area contributed by atoms with Crippen LogP contribution in [0.3, 0.4) is 0 Å². The van der Waals surface area contributed by atoms with Crippen LogP contribution >= 0.6 is 0 Å². The number of hydrogen-bond donors (Lipinski definition) is 0. The largest absolute Gasteiger partial charge is 0.310 e. The number of rotatable bonds is 4. The lowest BCUT2D eigenvalue weighted by molar-refractivity contribution is 0.659. The summed E-state index contributed by atoms with van der Waals surface area (Å²) < 4.78 is 0. The minimum Gasteiger partial charge on any atom is -0.310 e. The summed E-state index contributed by atoms with van der Waals surface area (Å²) in [6.45, 7) is 16.1. The predicted molar refractivity (Wildman–Crippen MR) is 196 cm³/mol. The molecule has 6 aromatic rings. The predicted octanol–water partition coefficient (Wildman–Crippen LogP) is 12.4. The Balaban J connectivity index is 1.30. The molecule has 0 heterocycles. The number of nitrogens with zero attached hydrogens (tertiary/aromatic N) is 1. The van der Waals surface area contributed by atoms with Crippen LogP contribution in [0.25, 0.3) is 33.4 Å². The fourth-order valence-corrected chi connectivity index (χ4v) is 8.09. The van der Waals surface area contributed by atoms with Crippen LogP contribution in [0.15, 0.2) is 121 Å². The van der Waals surface area contributed by atoms with E-state index in [9.17, 15) is 0 Å². The van der Waals surface area contributed by atoms with E-state index in [1.807, 2.05) is 0 Å². The Bertz CT molecular complexity index is 2060. The zero-order valence-electron chi connectivity index (χ0n) is 28.0. The molecule has 2 aliphatic rings. The van der Waals surface area contributed by atoms with Crippen molar-refractivity contribution in [3.8, 4) is 33.4 Å². The van der Waals surface area contributed by atoms with Gasteiger partial charge in [0, 0.05) is 27.9 Å². The Morgan fingerprint density at radius 2 is 0.804 bits per heavy atom. The highest BCUT2D eigenvalue weighted by molar-refractivity contribution is 5.88. The highest BCUT2D eigenvalue weighted by Gasteiger charge is 2.38. The van der Waals surface area contributed by atoms with E-state index in [0.717, 1.165) is 5.69 Å². The van der Waals surface area contributed by atoms with E-state index >= 15 is 0 Å². The molecular formula is C45H41N. The van der Waals surface area contributed by atoms with Crippen molar-refractivity contribution in [1.29, 1.82) is 0 Å². The monoisotopic (exact) mass is 595 g/mol. The number of fused-ring (bicyclic) bond motifs is 6.